The third-order valence-electron chi connectivity index (χ3n) is 1.83. The molecule has 1 heterocycles. The monoisotopic (exact) mass is 227 g/mol. The molecule has 1 aromatic rings. The quantitative estimate of drug-likeness (QED) is 0.656. The first kappa shape index (κ1) is 12.2. The first-order valence-corrected chi connectivity index (χ1v) is 4.62. The minimum absolute atomic E-state index is 0.0134. The zero-order valence-corrected chi connectivity index (χ0v) is 8.79. The summed E-state index contributed by atoms with van der Waals surface area (Å²) < 4.78 is 6.09. The molecule has 16 heavy (non-hydrogen) atoms. The number of amides is 1. The minimum atomic E-state index is -1.13. The van der Waals surface area contributed by atoms with Crippen molar-refractivity contribution in [3.63, 3.8) is 0 Å². The number of carboxylic acid groups (broad SMARTS) is 1. The number of hydrogen-bond acceptors (Lipinski definition) is 4. The number of rotatable bonds is 6. The van der Waals surface area contributed by atoms with Gasteiger partial charge in [-0.25, -0.2) is 4.79 Å². The van der Waals surface area contributed by atoms with Crippen LogP contribution in [-0.2, 0) is 20.9 Å². The van der Waals surface area contributed by atoms with E-state index in [0.717, 1.165) is 0 Å². The van der Waals surface area contributed by atoms with E-state index in [-0.39, 0.29) is 13.2 Å². The van der Waals surface area contributed by atoms with Gasteiger partial charge in [-0.1, -0.05) is 0 Å². The average Bonchev–Trinajstić information content (AvgIpc) is 2.69. The molecule has 0 aliphatic rings. The summed E-state index contributed by atoms with van der Waals surface area (Å²) in [5, 5.41) is 14.9. The van der Waals surface area contributed by atoms with Gasteiger partial charge in [-0.2, -0.15) is 5.10 Å². The SMILES string of the molecule is COCC(NC(=O)Cn1cccn1)C(=O)O. The van der Waals surface area contributed by atoms with E-state index in [9.17, 15) is 9.59 Å². The number of aromatic nitrogens is 2. The van der Waals surface area contributed by atoms with Gasteiger partial charge in [-0.3, -0.25) is 9.48 Å². The van der Waals surface area contributed by atoms with Gasteiger partial charge in [0.15, 0.2) is 6.04 Å². The highest BCUT2D eigenvalue weighted by molar-refractivity contribution is 5.83. The number of hydrogen-bond donors (Lipinski definition) is 2. The maximum atomic E-state index is 11.4. The summed E-state index contributed by atoms with van der Waals surface area (Å²) in [6.45, 7) is -0.0827. The predicted molar refractivity (Wildman–Crippen MR) is 53.7 cm³/mol. The van der Waals surface area contributed by atoms with E-state index < -0.39 is 17.9 Å². The van der Waals surface area contributed by atoms with Crippen LogP contribution in [0.15, 0.2) is 18.5 Å². The highest BCUT2D eigenvalue weighted by atomic mass is 16.5. The molecule has 0 aliphatic carbocycles. The smallest absolute Gasteiger partial charge is 0.328 e. The second-order valence-corrected chi connectivity index (χ2v) is 3.12. The third kappa shape index (κ3) is 3.70. The van der Waals surface area contributed by atoms with Crippen LogP contribution < -0.4 is 5.32 Å². The van der Waals surface area contributed by atoms with Gasteiger partial charge in [0.05, 0.1) is 6.61 Å². The van der Waals surface area contributed by atoms with Crippen LogP contribution in [0.4, 0.5) is 0 Å². The fraction of sp³-hybridized carbons (Fsp3) is 0.444. The van der Waals surface area contributed by atoms with Crippen LogP contribution in [0, 0.1) is 0 Å². The highest BCUT2D eigenvalue weighted by Gasteiger charge is 2.19. The number of nitrogens with zero attached hydrogens (tertiary/aromatic N) is 2. The molecule has 0 aromatic carbocycles. The molecule has 0 radical (unpaired) electrons. The van der Waals surface area contributed by atoms with Gasteiger partial charge >= 0.3 is 5.97 Å². The molecule has 0 fully saturated rings. The summed E-state index contributed by atoms with van der Waals surface area (Å²) in [5.41, 5.74) is 0. The molecule has 1 aromatic heterocycles. The van der Waals surface area contributed by atoms with Crippen molar-refractivity contribution in [3.05, 3.63) is 18.5 Å². The molecule has 7 nitrogen and oxygen atoms in total. The van der Waals surface area contributed by atoms with Crippen molar-refractivity contribution in [2.45, 2.75) is 12.6 Å². The maximum absolute atomic E-state index is 11.4. The Morgan fingerprint density at radius 1 is 1.62 bits per heavy atom. The van der Waals surface area contributed by atoms with Crippen LogP contribution >= 0.6 is 0 Å². The summed E-state index contributed by atoms with van der Waals surface area (Å²) in [6, 6.07) is 0.643. The average molecular weight is 227 g/mol. The first-order valence-electron chi connectivity index (χ1n) is 4.62. The first-order chi connectivity index (χ1) is 7.63. The summed E-state index contributed by atoms with van der Waals surface area (Å²) in [5.74, 6) is -1.55. The fourth-order valence-corrected chi connectivity index (χ4v) is 1.12. The number of carboxylic acids is 1. The van der Waals surface area contributed by atoms with E-state index in [4.69, 9.17) is 5.11 Å². The highest BCUT2D eigenvalue weighted by Crippen LogP contribution is 1.89. The van der Waals surface area contributed by atoms with E-state index in [1.54, 1.807) is 12.3 Å². The molecule has 1 unspecified atom stereocenters. The Morgan fingerprint density at radius 3 is 2.88 bits per heavy atom. The number of methoxy groups -OCH3 is 1. The van der Waals surface area contributed by atoms with Crippen molar-refractivity contribution >= 4 is 11.9 Å². The fourth-order valence-electron chi connectivity index (χ4n) is 1.12. The Hall–Kier alpha value is -1.89. The van der Waals surface area contributed by atoms with Crippen LogP contribution in [-0.4, -0.2) is 46.5 Å². The summed E-state index contributed by atoms with van der Waals surface area (Å²) in [7, 11) is 1.37. The lowest BCUT2D eigenvalue weighted by molar-refractivity contribution is -0.143. The van der Waals surface area contributed by atoms with Crippen molar-refractivity contribution < 1.29 is 19.4 Å². The lowest BCUT2D eigenvalue weighted by atomic mass is 10.3. The van der Waals surface area contributed by atoms with Gasteiger partial charge in [0, 0.05) is 19.5 Å². The zero-order valence-electron chi connectivity index (χ0n) is 8.79. The van der Waals surface area contributed by atoms with Crippen molar-refractivity contribution in [2.75, 3.05) is 13.7 Å². The summed E-state index contributed by atoms with van der Waals surface area (Å²) >= 11 is 0. The molecule has 0 bridgehead atoms. The molecule has 88 valence electrons. The Bertz CT molecular complexity index is 350. The van der Waals surface area contributed by atoms with E-state index in [2.05, 4.69) is 15.2 Å². The van der Waals surface area contributed by atoms with Crippen LogP contribution in [0.2, 0.25) is 0 Å². The molecule has 1 atom stereocenters. The molecule has 0 saturated carbocycles. The maximum Gasteiger partial charge on any atom is 0.328 e. The Kier molecular flexibility index (Phi) is 4.46. The van der Waals surface area contributed by atoms with Crippen molar-refractivity contribution in [1.29, 1.82) is 0 Å². The minimum Gasteiger partial charge on any atom is -0.480 e. The lowest BCUT2D eigenvalue weighted by Crippen LogP contribution is -2.45. The molecule has 0 saturated heterocycles. The lowest BCUT2D eigenvalue weighted by Gasteiger charge is -2.13. The number of nitrogens with one attached hydrogen (secondary N) is 1. The van der Waals surface area contributed by atoms with Gasteiger partial charge in [-0.15, -0.1) is 0 Å². The molecule has 0 aliphatic heterocycles. The van der Waals surface area contributed by atoms with Crippen molar-refractivity contribution in [2.24, 2.45) is 0 Å². The molecular formula is C9H13N3O4. The van der Waals surface area contributed by atoms with Crippen LogP contribution in [0.5, 0.6) is 0 Å². The molecule has 1 amide bonds. The van der Waals surface area contributed by atoms with Gasteiger partial charge in [0.1, 0.15) is 6.54 Å². The normalized spacial score (nSPS) is 12.1. The van der Waals surface area contributed by atoms with E-state index in [0.29, 0.717) is 0 Å². The number of carbonyl (C=O) groups is 2. The number of aliphatic carboxylic acids is 1. The van der Waals surface area contributed by atoms with Crippen LogP contribution in [0.1, 0.15) is 0 Å². The molecule has 0 spiro atoms. The molecule has 1 rings (SSSR count). The Balaban J connectivity index is 2.45. The molecule has 7 heteroatoms. The van der Waals surface area contributed by atoms with Crippen molar-refractivity contribution in [1.82, 2.24) is 15.1 Å². The summed E-state index contributed by atoms with van der Waals surface area (Å²) in [4.78, 5) is 22.1. The van der Waals surface area contributed by atoms with Crippen LogP contribution in [0.3, 0.4) is 0 Å². The van der Waals surface area contributed by atoms with Gasteiger partial charge in [-0.05, 0) is 6.07 Å². The van der Waals surface area contributed by atoms with Crippen molar-refractivity contribution in [3.8, 4) is 0 Å². The molecule has 2 N–H and O–H groups in total. The Labute approximate surface area is 92.0 Å². The van der Waals surface area contributed by atoms with Gasteiger partial charge in [0.2, 0.25) is 5.91 Å². The van der Waals surface area contributed by atoms with E-state index >= 15 is 0 Å². The standard InChI is InChI=1S/C9H13N3O4/c1-16-6-7(9(14)15)11-8(13)5-12-4-2-3-10-12/h2-4,7H,5-6H2,1H3,(H,11,13)(H,14,15). The third-order valence-corrected chi connectivity index (χ3v) is 1.83. The zero-order chi connectivity index (χ0) is 12.0. The second kappa shape index (κ2) is 5.86. The number of carbonyl (C=O) groups excluding carboxylic acids is 1. The van der Waals surface area contributed by atoms with E-state index in [1.165, 1.54) is 18.0 Å². The largest absolute Gasteiger partial charge is 0.480 e. The van der Waals surface area contributed by atoms with Gasteiger partial charge in [0.25, 0.3) is 0 Å². The molecular weight excluding hydrogens is 214 g/mol. The topological polar surface area (TPSA) is 93.5 Å². The summed E-state index contributed by atoms with van der Waals surface area (Å²) in [6.07, 6.45) is 3.16. The Morgan fingerprint density at radius 2 is 2.38 bits per heavy atom. The number of ether oxygens (including phenoxy) is 1. The predicted octanol–water partition coefficient (Wildman–Crippen LogP) is -0.901. The van der Waals surface area contributed by atoms with Gasteiger partial charge < -0.3 is 15.2 Å². The second-order valence-electron chi connectivity index (χ2n) is 3.12. The van der Waals surface area contributed by atoms with E-state index in [1.807, 2.05) is 0 Å². The van der Waals surface area contributed by atoms with Crippen LogP contribution in [0.25, 0.3) is 0 Å².